The van der Waals surface area contributed by atoms with Crippen LogP contribution in [0.1, 0.15) is 35.3 Å². The second-order valence-electron chi connectivity index (χ2n) is 9.62. The Kier molecular flexibility index (Phi) is 5.23. The van der Waals surface area contributed by atoms with Crippen molar-refractivity contribution >= 4 is 5.91 Å². The highest BCUT2D eigenvalue weighted by molar-refractivity contribution is 5.92. The number of halogens is 3. The predicted molar refractivity (Wildman–Crippen MR) is 116 cm³/mol. The fourth-order valence-corrected chi connectivity index (χ4v) is 5.81. The molecule has 4 atom stereocenters. The molecule has 0 radical (unpaired) electrons. The number of hydrogen-bond acceptors (Lipinski definition) is 6. The Balaban J connectivity index is 1.15. The molecule has 2 aromatic rings. The minimum atomic E-state index is -2.56. The number of rotatable bonds is 5. The molecule has 35 heavy (non-hydrogen) atoms. The summed E-state index contributed by atoms with van der Waals surface area (Å²) in [5, 5.41) is 0. The average Bonchev–Trinajstić information content (AvgIpc) is 3.27. The van der Waals surface area contributed by atoms with E-state index in [2.05, 4.69) is 4.98 Å². The van der Waals surface area contributed by atoms with Crippen LogP contribution in [-0.2, 0) is 15.1 Å². The third-order valence-electron chi connectivity index (χ3n) is 7.78. The molecule has 4 aliphatic rings. The van der Waals surface area contributed by atoms with E-state index in [1.807, 2.05) is 6.07 Å². The summed E-state index contributed by atoms with van der Waals surface area (Å²) in [5.74, 6) is -3.97. The summed E-state index contributed by atoms with van der Waals surface area (Å²) < 4.78 is 63.7. The van der Waals surface area contributed by atoms with Crippen molar-refractivity contribution in [2.75, 3.05) is 27.0 Å². The molecule has 1 aromatic heterocycles. The first-order valence-electron chi connectivity index (χ1n) is 11.7. The average molecular weight is 490 g/mol. The van der Waals surface area contributed by atoms with Crippen molar-refractivity contribution in [3.05, 3.63) is 53.5 Å². The summed E-state index contributed by atoms with van der Waals surface area (Å²) in [6.07, 6.45) is 0.273. The largest absolute Gasteiger partial charge is 0.485 e. The highest BCUT2D eigenvalue weighted by Crippen LogP contribution is 2.64. The maximum absolute atomic E-state index is 13.9. The van der Waals surface area contributed by atoms with Crippen molar-refractivity contribution in [2.45, 2.75) is 43.0 Å². The Morgan fingerprint density at radius 1 is 1.20 bits per heavy atom. The molecule has 10 heteroatoms. The molecule has 186 valence electrons. The highest BCUT2D eigenvalue weighted by Gasteiger charge is 2.72. The fraction of sp³-hybridized carbons (Fsp3) is 0.520. The molecular formula is C25H25F3N2O5. The molecule has 6 rings (SSSR count). The van der Waals surface area contributed by atoms with Gasteiger partial charge in [0.1, 0.15) is 36.1 Å². The second kappa shape index (κ2) is 8.09. The van der Waals surface area contributed by atoms with E-state index >= 15 is 0 Å². The minimum absolute atomic E-state index is 0.0656. The van der Waals surface area contributed by atoms with Gasteiger partial charge in [-0.25, -0.2) is 18.2 Å². The van der Waals surface area contributed by atoms with Gasteiger partial charge < -0.3 is 23.8 Å². The lowest BCUT2D eigenvalue weighted by molar-refractivity contribution is -0.0441. The van der Waals surface area contributed by atoms with Gasteiger partial charge in [0.2, 0.25) is 0 Å². The number of benzene rings is 1. The van der Waals surface area contributed by atoms with Crippen molar-refractivity contribution in [2.24, 2.45) is 11.8 Å². The lowest BCUT2D eigenvalue weighted by Gasteiger charge is -2.41. The van der Waals surface area contributed by atoms with E-state index in [4.69, 9.17) is 18.9 Å². The van der Waals surface area contributed by atoms with Gasteiger partial charge >= 0.3 is 0 Å². The minimum Gasteiger partial charge on any atom is -0.485 e. The number of piperidine rings is 1. The molecule has 2 aliphatic heterocycles. The number of fused-ring (bicyclic) bond motifs is 2. The van der Waals surface area contributed by atoms with E-state index in [0.717, 1.165) is 0 Å². The van der Waals surface area contributed by atoms with Crippen LogP contribution in [-0.4, -0.2) is 60.9 Å². The summed E-state index contributed by atoms with van der Waals surface area (Å²) in [6, 6.07) is 9.40. The number of amides is 1. The SMILES string of the molecule is COc1nc(C(=O)N2CCC3(c4cccc(F)c4)OCOC3C2)ccc1OC1CC2C(C1)C2(F)F. The van der Waals surface area contributed by atoms with E-state index in [0.29, 0.717) is 37.1 Å². The summed E-state index contributed by atoms with van der Waals surface area (Å²) in [7, 11) is 1.42. The van der Waals surface area contributed by atoms with Crippen LogP contribution >= 0.6 is 0 Å². The summed E-state index contributed by atoms with van der Waals surface area (Å²) in [5.41, 5.74) is 0.0587. The van der Waals surface area contributed by atoms with Crippen molar-refractivity contribution < 1.29 is 36.9 Å². The number of ether oxygens (including phenoxy) is 4. The van der Waals surface area contributed by atoms with Gasteiger partial charge in [-0.05, 0) is 42.7 Å². The van der Waals surface area contributed by atoms with E-state index in [1.54, 1.807) is 23.1 Å². The number of aromatic nitrogens is 1. The lowest BCUT2D eigenvalue weighted by Crippen LogP contribution is -2.53. The van der Waals surface area contributed by atoms with Gasteiger partial charge in [0.05, 0.1) is 13.7 Å². The Hall–Kier alpha value is -2.85. The van der Waals surface area contributed by atoms with Crippen LogP contribution in [0.2, 0.25) is 0 Å². The molecule has 2 saturated carbocycles. The standard InChI is InChI=1S/C25H25F3N2O5/c1-32-22-20(35-16-10-17-18(11-16)25(17,27)28)6-5-19(29-22)23(31)30-8-7-24(21(12-30)33-13-34-24)14-3-2-4-15(26)9-14/h2-6,9,16-18,21H,7-8,10-13H2,1H3. The van der Waals surface area contributed by atoms with Crippen molar-refractivity contribution in [1.29, 1.82) is 0 Å². The number of nitrogens with zero attached hydrogens (tertiary/aromatic N) is 2. The number of carbonyl (C=O) groups excluding carboxylic acids is 1. The van der Waals surface area contributed by atoms with Gasteiger partial charge in [0.15, 0.2) is 5.75 Å². The van der Waals surface area contributed by atoms with Crippen LogP contribution in [0, 0.1) is 17.7 Å². The Labute approximate surface area is 200 Å². The normalized spacial score (nSPS) is 32.6. The van der Waals surface area contributed by atoms with Crippen molar-refractivity contribution in [1.82, 2.24) is 9.88 Å². The van der Waals surface area contributed by atoms with Gasteiger partial charge in [0, 0.05) is 24.8 Å². The molecule has 4 fully saturated rings. The molecule has 7 nitrogen and oxygen atoms in total. The topological polar surface area (TPSA) is 70.1 Å². The molecule has 0 bridgehead atoms. The first-order valence-corrected chi connectivity index (χ1v) is 11.7. The Morgan fingerprint density at radius 2 is 2.00 bits per heavy atom. The number of alkyl halides is 2. The maximum Gasteiger partial charge on any atom is 0.272 e. The first-order chi connectivity index (χ1) is 16.8. The van der Waals surface area contributed by atoms with Gasteiger partial charge in [-0.15, -0.1) is 0 Å². The predicted octanol–water partition coefficient (Wildman–Crippen LogP) is 3.77. The van der Waals surface area contributed by atoms with E-state index in [-0.39, 0.29) is 42.7 Å². The molecule has 2 saturated heterocycles. The van der Waals surface area contributed by atoms with Crippen molar-refractivity contribution in [3.63, 3.8) is 0 Å². The molecule has 1 amide bonds. The number of carbonyl (C=O) groups is 1. The number of likely N-dealkylation sites (tertiary alicyclic amines) is 1. The Bertz CT molecular complexity index is 1150. The summed E-state index contributed by atoms with van der Waals surface area (Å²) in [4.78, 5) is 19.2. The first kappa shape index (κ1) is 22.6. The monoisotopic (exact) mass is 490 g/mol. The molecule has 2 aliphatic carbocycles. The highest BCUT2D eigenvalue weighted by atomic mass is 19.3. The second-order valence-corrected chi connectivity index (χ2v) is 9.62. The van der Waals surface area contributed by atoms with Gasteiger partial charge in [0.25, 0.3) is 17.7 Å². The van der Waals surface area contributed by atoms with Gasteiger partial charge in [-0.2, -0.15) is 0 Å². The quantitative estimate of drug-likeness (QED) is 0.636. The lowest BCUT2D eigenvalue weighted by atomic mass is 9.82. The zero-order valence-electron chi connectivity index (χ0n) is 19.1. The van der Waals surface area contributed by atoms with Crippen LogP contribution in [0.15, 0.2) is 36.4 Å². The third-order valence-corrected chi connectivity index (χ3v) is 7.78. The number of hydrogen-bond donors (Lipinski definition) is 0. The molecule has 4 unspecified atom stereocenters. The zero-order valence-corrected chi connectivity index (χ0v) is 19.1. The molecule has 0 spiro atoms. The van der Waals surface area contributed by atoms with E-state index < -0.39 is 29.5 Å². The molecule has 1 aromatic carbocycles. The van der Waals surface area contributed by atoms with Crippen LogP contribution in [0.5, 0.6) is 11.6 Å². The van der Waals surface area contributed by atoms with Gasteiger partial charge in [-0.3, -0.25) is 4.79 Å². The molecular weight excluding hydrogens is 465 g/mol. The maximum atomic E-state index is 13.9. The van der Waals surface area contributed by atoms with Crippen LogP contribution in [0.25, 0.3) is 0 Å². The number of pyridine rings is 1. The third kappa shape index (κ3) is 3.65. The van der Waals surface area contributed by atoms with E-state index in [1.165, 1.54) is 19.2 Å². The van der Waals surface area contributed by atoms with E-state index in [9.17, 15) is 18.0 Å². The zero-order chi connectivity index (χ0) is 24.4. The van der Waals surface area contributed by atoms with Crippen LogP contribution in [0.4, 0.5) is 13.2 Å². The van der Waals surface area contributed by atoms with Gasteiger partial charge in [-0.1, -0.05) is 12.1 Å². The molecule has 3 heterocycles. The number of methoxy groups -OCH3 is 1. The van der Waals surface area contributed by atoms with Crippen LogP contribution < -0.4 is 9.47 Å². The Morgan fingerprint density at radius 3 is 2.74 bits per heavy atom. The smallest absolute Gasteiger partial charge is 0.272 e. The molecule has 0 N–H and O–H groups in total. The fourth-order valence-electron chi connectivity index (χ4n) is 5.81. The van der Waals surface area contributed by atoms with Crippen molar-refractivity contribution in [3.8, 4) is 11.6 Å². The summed E-state index contributed by atoms with van der Waals surface area (Å²) in [6.45, 7) is 0.698. The summed E-state index contributed by atoms with van der Waals surface area (Å²) >= 11 is 0. The van der Waals surface area contributed by atoms with Crippen LogP contribution in [0.3, 0.4) is 0 Å².